The van der Waals surface area contributed by atoms with E-state index < -0.39 is 75.7 Å². The smallest absolute Gasteiger partial charge is 0.462 e. The highest BCUT2D eigenvalue weighted by Crippen LogP contribution is 2.47. The molecule has 370 valence electrons. The molecule has 0 aromatic carbocycles. The highest BCUT2D eigenvalue weighted by Gasteiger charge is 2.51. The Hall–Kier alpha value is -1.67. The Balaban J connectivity index is 2.42. The highest BCUT2D eigenvalue weighted by molar-refractivity contribution is 7.47. The monoisotopic (exact) mass is 919 g/mol. The lowest BCUT2D eigenvalue weighted by molar-refractivity contribution is -0.220. The van der Waals surface area contributed by atoms with Crippen LogP contribution in [0.4, 0.5) is 0 Å². The number of carbonyl (C=O) groups excluding carboxylic acids is 2. The SMILES string of the molecule is CCCCCCCC/C=C/CCCCCCCCCCCC(=O)OC[C@@H](COP(=O)(O)OC1C(O)C(O)C(O)[C@H](O)C1O)OC(=O)CC/C=C/CCCCCCCCCCCCC. The van der Waals surface area contributed by atoms with E-state index >= 15 is 0 Å². The quantitative estimate of drug-likeness (QED) is 0.0146. The summed E-state index contributed by atoms with van der Waals surface area (Å²) in [5, 5.41) is 50.2. The Morgan fingerprint density at radius 3 is 1.27 bits per heavy atom. The number of allylic oxidation sites excluding steroid dienone is 4. The van der Waals surface area contributed by atoms with Gasteiger partial charge in [-0.15, -0.1) is 0 Å². The molecule has 0 aliphatic heterocycles. The molecule has 0 saturated heterocycles. The molecule has 1 rings (SSSR count). The van der Waals surface area contributed by atoms with Gasteiger partial charge in [0.1, 0.15) is 43.2 Å². The lowest BCUT2D eigenvalue weighted by atomic mass is 9.85. The third kappa shape index (κ3) is 31.8. The molecule has 0 bridgehead atoms. The summed E-state index contributed by atoms with van der Waals surface area (Å²) < 4.78 is 33.5. The van der Waals surface area contributed by atoms with Crippen molar-refractivity contribution < 1.29 is 63.1 Å². The lowest BCUT2D eigenvalue weighted by Crippen LogP contribution is -2.64. The van der Waals surface area contributed by atoms with E-state index in [1.807, 2.05) is 12.2 Å². The molecule has 0 amide bonds. The van der Waals surface area contributed by atoms with Crippen LogP contribution < -0.4 is 0 Å². The van der Waals surface area contributed by atoms with Crippen molar-refractivity contribution in [2.75, 3.05) is 13.2 Å². The Morgan fingerprint density at radius 1 is 0.476 bits per heavy atom. The topological polar surface area (TPSA) is 210 Å². The van der Waals surface area contributed by atoms with Crippen molar-refractivity contribution in [3.8, 4) is 0 Å². The average molecular weight is 919 g/mol. The Kier molecular flexibility index (Phi) is 37.2. The maximum atomic E-state index is 12.8. The number of rotatable bonds is 42. The number of hydrogen-bond acceptors (Lipinski definition) is 12. The van der Waals surface area contributed by atoms with E-state index in [-0.39, 0.29) is 12.8 Å². The van der Waals surface area contributed by atoms with Gasteiger partial charge in [0.2, 0.25) is 0 Å². The van der Waals surface area contributed by atoms with E-state index in [0.29, 0.717) is 12.8 Å². The average Bonchev–Trinajstić information content (AvgIpc) is 3.26. The summed E-state index contributed by atoms with van der Waals surface area (Å²) in [6.07, 6.45) is 31.0. The molecule has 1 aliphatic carbocycles. The van der Waals surface area contributed by atoms with Gasteiger partial charge in [-0.3, -0.25) is 18.6 Å². The number of hydrogen-bond donors (Lipinski definition) is 6. The summed E-state index contributed by atoms with van der Waals surface area (Å²) >= 11 is 0. The van der Waals surface area contributed by atoms with Gasteiger partial charge in [-0.1, -0.05) is 179 Å². The van der Waals surface area contributed by atoms with Crippen LogP contribution in [0.3, 0.4) is 0 Å². The molecule has 1 aliphatic rings. The van der Waals surface area contributed by atoms with Crippen molar-refractivity contribution in [3.05, 3.63) is 24.3 Å². The first kappa shape index (κ1) is 59.3. The van der Waals surface area contributed by atoms with Crippen LogP contribution in [0.5, 0.6) is 0 Å². The predicted molar refractivity (Wildman–Crippen MR) is 249 cm³/mol. The van der Waals surface area contributed by atoms with Crippen LogP contribution in [0, 0.1) is 0 Å². The van der Waals surface area contributed by atoms with Gasteiger partial charge in [0, 0.05) is 12.8 Å². The van der Waals surface area contributed by atoms with Crippen molar-refractivity contribution in [1.82, 2.24) is 0 Å². The van der Waals surface area contributed by atoms with E-state index in [1.165, 1.54) is 141 Å². The van der Waals surface area contributed by atoms with Crippen molar-refractivity contribution in [3.63, 3.8) is 0 Å². The normalized spacial score (nSPS) is 21.8. The van der Waals surface area contributed by atoms with Crippen molar-refractivity contribution in [2.24, 2.45) is 0 Å². The van der Waals surface area contributed by atoms with E-state index in [1.54, 1.807) is 0 Å². The fourth-order valence-corrected chi connectivity index (χ4v) is 8.69. The van der Waals surface area contributed by atoms with Gasteiger partial charge >= 0.3 is 19.8 Å². The molecular formula is C49H91O13P. The number of unbranched alkanes of at least 4 members (excludes halogenated alkanes) is 26. The summed E-state index contributed by atoms with van der Waals surface area (Å²) in [7, 11) is -5.13. The largest absolute Gasteiger partial charge is 0.472 e. The number of phosphoric acid groups is 1. The zero-order valence-corrected chi connectivity index (χ0v) is 40.3. The van der Waals surface area contributed by atoms with Gasteiger partial charge < -0.3 is 39.9 Å². The van der Waals surface area contributed by atoms with Gasteiger partial charge in [0.25, 0.3) is 0 Å². The van der Waals surface area contributed by atoms with Gasteiger partial charge in [0.15, 0.2) is 6.10 Å². The van der Waals surface area contributed by atoms with Crippen LogP contribution in [0.2, 0.25) is 0 Å². The number of carbonyl (C=O) groups is 2. The Bertz CT molecular complexity index is 1200. The zero-order chi connectivity index (χ0) is 46.4. The third-order valence-corrected chi connectivity index (χ3v) is 12.8. The summed E-state index contributed by atoms with van der Waals surface area (Å²) in [4.78, 5) is 35.7. The number of ether oxygens (including phenoxy) is 2. The molecule has 0 spiro atoms. The number of aliphatic hydroxyl groups is 5. The van der Waals surface area contributed by atoms with E-state index in [4.69, 9.17) is 18.5 Å². The van der Waals surface area contributed by atoms with Crippen LogP contribution in [0.15, 0.2) is 24.3 Å². The summed E-state index contributed by atoms with van der Waals surface area (Å²) in [6, 6.07) is 0. The van der Waals surface area contributed by atoms with E-state index in [2.05, 4.69) is 26.0 Å². The van der Waals surface area contributed by atoms with Crippen LogP contribution >= 0.6 is 7.82 Å². The summed E-state index contributed by atoms with van der Waals surface area (Å²) in [6.45, 7) is 3.29. The second-order valence-electron chi connectivity index (χ2n) is 17.7. The molecule has 13 nitrogen and oxygen atoms in total. The van der Waals surface area contributed by atoms with Gasteiger partial charge in [-0.25, -0.2) is 4.57 Å². The Labute approximate surface area is 381 Å². The fourth-order valence-electron chi connectivity index (χ4n) is 7.71. The number of phosphoric ester groups is 1. The van der Waals surface area contributed by atoms with E-state index in [0.717, 1.165) is 38.5 Å². The van der Waals surface area contributed by atoms with Crippen LogP contribution in [-0.2, 0) is 32.7 Å². The first-order chi connectivity index (χ1) is 30.4. The lowest BCUT2D eigenvalue weighted by Gasteiger charge is -2.41. The fraction of sp³-hybridized carbons (Fsp3) is 0.878. The molecule has 1 fully saturated rings. The molecule has 0 radical (unpaired) electrons. The van der Waals surface area contributed by atoms with Crippen LogP contribution in [-0.4, -0.2) is 98.3 Å². The van der Waals surface area contributed by atoms with Crippen molar-refractivity contribution in [1.29, 1.82) is 0 Å². The van der Waals surface area contributed by atoms with Crippen LogP contribution in [0.25, 0.3) is 0 Å². The molecule has 6 unspecified atom stereocenters. The Morgan fingerprint density at radius 2 is 0.841 bits per heavy atom. The molecule has 0 aromatic rings. The van der Waals surface area contributed by atoms with E-state index in [9.17, 15) is 44.6 Å². The van der Waals surface area contributed by atoms with Crippen molar-refractivity contribution >= 4 is 19.8 Å². The predicted octanol–water partition coefficient (Wildman–Crippen LogP) is 10.4. The van der Waals surface area contributed by atoms with Crippen LogP contribution in [0.1, 0.15) is 219 Å². The van der Waals surface area contributed by atoms with Gasteiger partial charge in [0.05, 0.1) is 6.61 Å². The van der Waals surface area contributed by atoms with Gasteiger partial charge in [-0.05, 0) is 51.4 Å². The second kappa shape index (κ2) is 39.5. The standard InChI is InChI=1S/C49H91O13P/c1-3-5-7-9-11-13-15-17-19-20-21-22-24-25-27-29-31-33-35-37-42(50)59-39-41(40-60-63(57,58)62-49-47(55)45(53)44(52)46(54)48(49)56)61-43(51)38-36-34-32-30-28-26-23-18-16-14-12-10-8-6-4-2/h17,19,32,34,41,44-49,52-56H,3-16,18,20-31,33,35-40H2,1-2H3,(H,57,58)/b19-17+,34-32+/t41-,44?,45-,46?,47?,48?,49?/m0/s1. The summed E-state index contributed by atoms with van der Waals surface area (Å²) in [5.74, 6) is -1.15. The zero-order valence-electron chi connectivity index (χ0n) is 39.4. The number of esters is 2. The first-order valence-electron chi connectivity index (χ1n) is 25.1. The minimum absolute atomic E-state index is 0.0156. The molecule has 14 heteroatoms. The molecular weight excluding hydrogens is 827 g/mol. The molecule has 0 aromatic heterocycles. The third-order valence-electron chi connectivity index (χ3n) is 11.8. The second-order valence-corrected chi connectivity index (χ2v) is 19.1. The van der Waals surface area contributed by atoms with Crippen molar-refractivity contribution in [2.45, 2.75) is 262 Å². The molecule has 0 heterocycles. The molecule has 63 heavy (non-hydrogen) atoms. The molecule has 1 saturated carbocycles. The highest BCUT2D eigenvalue weighted by atomic mass is 31.2. The maximum absolute atomic E-state index is 12.8. The molecule has 8 atom stereocenters. The summed E-state index contributed by atoms with van der Waals surface area (Å²) in [5.41, 5.74) is 0. The first-order valence-corrected chi connectivity index (χ1v) is 26.6. The molecule has 6 N–H and O–H groups in total. The van der Waals surface area contributed by atoms with Gasteiger partial charge in [-0.2, -0.15) is 0 Å². The minimum atomic E-state index is -5.13. The number of aliphatic hydroxyl groups excluding tert-OH is 5. The minimum Gasteiger partial charge on any atom is -0.462 e. The maximum Gasteiger partial charge on any atom is 0.472 e.